The van der Waals surface area contributed by atoms with E-state index in [2.05, 4.69) is 20.5 Å². The van der Waals surface area contributed by atoms with Gasteiger partial charge < -0.3 is 5.32 Å². The summed E-state index contributed by atoms with van der Waals surface area (Å²) in [5.41, 5.74) is -0.962. The van der Waals surface area contributed by atoms with Gasteiger partial charge in [-0.1, -0.05) is 0 Å². The van der Waals surface area contributed by atoms with Gasteiger partial charge in [0.1, 0.15) is 0 Å². The number of hydrogen-bond donors (Lipinski definition) is 1. The molecule has 1 fully saturated rings. The van der Waals surface area contributed by atoms with Crippen molar-refractivity contribution in [3.63, 3.8) is 0 Å². The average Bonchev–Trinajstić information content (AvgIpc) is 2.29. The summed E-state index contributed by atoms with van der Waals surface area (Å²) in [7, 11) is 0. The smallest absolute Gasteiger partial charge is 0.317 e. The number of aromatic nitrogens is 3. The van der Waals surface area contributed by atoms with E-state index < -0.39 is 11.9 Å². The Balaban J connectivity index is 2.21. The molecular formula is C9H11F3N4. The van der Waals surface area contributed by atoms with E-state index in [0.717, 1.165) is 25.9 Å². The highest BCUT2D eigenvalue weighted by atomic mass is 19.4. The summed E-state index contributed by atoms with van der Waals surface area (Å²) in [5.74, 6) is 0.187. The predicted molar refractivity (Wildman–Crippen MR) is 49.7 cm³/mol. The highest BCUT2D eigenvalue weighted by molar-refractivity contribution is 5.05. The van der Waals surface area contributed by atoms with E-state index in [0.29, 0.717) is 6.20 Å². The largest absolute Gasteiger partial charge is 0.435 e. The molecular weight excluding hydrogens is 221 g/mol. The van der Waals surface area contributed by atoms with Gasteiger partial charge in [0.05, 0.1) is 6.20 Å². The quantitative estimate of drug-likeness (QED) is 0.794. The molecule has 2 heterocycles. The first kappa shape index (κ1) is 11.3. The molecule has 4 nitrogen and oxygen atoms in total. The second-order valence-corrected chi connectivity index (χ2v) is 3.72. The van der Waals surface area contributed by atoms with E-state index in [1.54, 1.807) is 0 Å². The third-order valence-corrected chi connectivity index (χ3v) is 2.57. The lowest BCUT2D eigenvalue weighted by Gasteiger charge is -2.21. The number of halogens is 3. The Labute approximate surface area is 90.3 Å². The van der Waals surface area contributed by atoms with Gasteiger partial charge in [-0.2, -0.15) is 18.3 Å². The molecule has 1 aliphatic heterocycles. The van der Waals surface area contributed by atoms with Gasteiger partial charge in [-0.05, 0) is 25.9 Å². The first-order valence-electron chi connectivity index (χ1n) is 5.05. The van der Waals surface area contributed by atoms with Gasteiger partial charge in [0.15, 0.2) is 11.5 Å². The minimum Gasteiger partial charge on any atom is -0.317 e. The van der Waals surface area contributed by atoms with Crippen LogP contribution in [-0.4, -0.2) is 28.3 Å². The summed E-state index contributed by atoms with van der Waals surface area (Å²) in [6.45, 7) is 1.56. The highest BCUT2D eigenvalue weighted by Crippen LogP contribution is 2.28. The lowest BCUT2D eigenvalue weighted by atomic mass is 9.97. The van der Waals surface area contributed by atoms with Gasteiger partial charge in [-0.3, -0.25) is 0 Å². The standard InChI is InChI=1S/C9H11F3N4/c10-9(11,12)7-5-14-16-8(15-7)6-1-3-13-4-2-6/h5-6,13H,1-4H2. The third kappa shape index (κ3) is 2.46. The van der Waals surface area contributed by atoms with Crippen molar-refractivity contribution in [2.24, 2.45) is 0 Å². The summed E-state index contributed by atoms with van der Waals surface area (Å²) < 4.78 is 37.2. The van der Waals surface area contributed by atoms with Crippen LogP contribution in [0.3, 0.4) is 0 Å². The summed E-state index contributed by atoms with van der Waals surface area (Å²) in [5, 5.41) is 10.2. The third-order valence-electron chi connectivity index (χ3n) is 2.57. The SMILES string of the molecule is FC(F)(F)c1cnnc(C2CCNCC2)n1. The Morgan fingerprint density at radius 3 is 2.56 bits per heavy atom. The van der Waals surface area contributed by atoms with E-state index in [4.69, 9.17) is 0 Å². The molecule has 16 heavy (non-hydrogen) atoms. The van der Waals surface area contributed by atoms with Crippen molar-refractivity contribution in [2.45, 2.75) is 24.9 Å². The molecule has 0 aromatic carbocycles. The minimum absolute atomic E-state index is 0.0175. The lowest BCUT2D eigenvalue weighted by Crippen LogP contribution is -2.28. The first-order chi connectivity index (χ1) is 7.57. The Kier molecular flexibility index (Phi) is 3.04. The maximum Gasteiger partial charge on any atom is 0.435 e. The van der Waals surface area contributed by atoms with Crippen molar-refractivity contribution in [2.75, 3.05) is 13.1 Å². The summed E-state index contributed by atoms with van der Waals surface area (Å²) in [6.07, 6.45) is -2.28. The maximum absolute atomic E-state index is 12.4. The van der Waals surface area contributed by atoms with Gasteiger partial charge in [0.2, 0.25) is 0 Å². The average molecular weight is 232 g/mol. The monoisotopic (exact) mass is 232 g/mol. The Morgan fingerprint density at radius 2 is 1.94 bits per heavy atom. The molecule has 0 saturated carbocycles. The molecule has 1 N–H and O–H groups in total. The van der Waals surface area contributed by atoms with Crippen LogP contribution in [0.2, 0.25) is 0 Å². The Bertz CT molecular complexity index is 360. The molecule has 1 aromatic heterocycles. The van der Waals surface area contributed by atoms with Crippen molar-refractivity contribution in [3.8, 4) is 0 Å². The molecule has 7 heteroatoms. The molecule has 1 aliphatic rings. The van der Waals surface area contributed by atoms with Gasteiger partial charge in [0, 0.05) is 5.92 Å². The molecule has 2 rings (SSSR count). The van der Waals surface area contributed by atoms with Crippen LogP contribution >= 0.6 is 0 Å². The molecule has 0 bridgehead atoms. The molecule has 88 valence electrons. The Hall–Kier alpha value is -1.24. The zero-order chi connectivity index (χ0) is 11.6. The Morgan fingerprint density at radius 1 is 1.25 bits per heavy atom. The zero-order valence-electron chi connectivity index (χ0n) is 8.46. The number of nitrogens with one attached hydrogen (secondary N) is 1. The van der Waals surface area contributed by atoms with E-state index in [9.17, 15) is 13.2 Å². The van der Waals surface area contributed by atoms with Crippen LogP contribution < -0.4 is 5.32 Å². The van der Waals surface area contributed by atoms with E-state index in [-0.39, 0.29) is 11.7 Å². The number of rotatable bonds is 1. The topological polar surface area (TPSA) is 50.7 Å². The van der Waals surface area contributed by atoms with Crippen LogP contribution in [0.4, 0.5) is 13.2 Å². The molecule has 0 unspecified atom stereocenters. The normalized spacial score (nSPS) is 18.7. The van der Waals surface area contributed by atoms with Crippen LogP contribution in [0, 0.1) is 0 Å². The number of hydrogen-bond acceptors (Lipinski definition) is 4. The van der Waals surface area contributed by atoms with Crippen LogP contribution in [0.1, 0.15) is 30.3 Å². The van der Waals surface area contributed by atoms with E-state index in [1.807, 2.05) is 0 Å². The van der Waals surface area contributed by atoms with Crippen molar-refractivity contribution < 1.29 is 13.2 Å². The molecule has 0 amide bonds. The highest BCUT2D eigenvalue weighted by Gasteiger charge is 2.34. The fraction of sp³-hybridized carbons (Fsp3) is 0.667. The number of nitrogens with zero attached hydrogens (tertiary/aromatic N) is 3. The molecule has 1 saturated heterocycles. The molecule has 1 aromatic rings. The van der Waals surface area contributed by atoms with Crippen molar-refractivity contribution in [1.29, 1.82) is 0 Å². The van der Waals surface area contributed by atoms with Crippen molar-refractivity contribution >= 4 is 0 Å². The molecule has 0 aliphatic carbocycles. The van der Waals surface area contributed by atoms with Crippen LogP contribution in [0.15, 0.2) is 6.20 Å². The van der Waals surface area contributed by atoms with Gasteiger partial charge >= 0.3 is 6.18 Å². The molecule has 0 radical (unpaired) electrons. The minimum atomic E-state index is -4.45. The maximum atomic E-state index is 12.4. The summed E-state index contributed by atoms with van der Waals surface area (Å²) in [6, 6.07) is 0. The molecule has 0 atom stereocenters. The van der Waals surface area contributed by atoms with Crippen LogP contribution in [-0.2, 0) is 6.18 Å². The van der Waals surface area contributed by atoms with Gasteiger partial charge in [0.25, 0.3) is 0 Å². The zero-order valence-corrected chi connectivity index (χ0v) is 8.46. The van der Waals surface area contributed by atoms with E-state index >= 15 is 0 Å². The molecule has 0 spiro atoms. The predicted octanol–water partition coefficient (Wildman–Crippen LogP) is 1.36. The second-order valence-electron chi connectivity index (χ2n) is 3.72. The fourth-order valence-electron chi connectivity index (χ4n) is 1.71. The van der Waals surface area contributed by atoms with Gasteiger partial charge in [-0.15, -0.1) is 5.10 Å². The van der Waals surface area contributed by atoms with Crippen LogP contribution in [0.25, 0.3) is 0 Å². The van der Waals surface area contributed by atoms with Crippen molar-refractivity contribution in [1.82, 2.24) is 20.5 Å². The number of piperidine rings is 1. The summed E-state index contributed by atoms with van der Waals surface area (Å²) >= 11 is 0. The van der Waals surface area contributed by atoms with E-state index in [1.165, 1.54) is 0 Å². The number of alkyl halides is 3. The van der Waals surface area contributed by atoms with Crippen molar-refractivity contribution in [3.05, 3.63) is 17.7 Å². The first-order valence-corrected chi connectivity index (χ1v) is 5.05. The second kappa shape index (κ2) is 4.32. The fourth-order valence-corrected chi connectivity index (χ4v) is 1.71. The lowest BCUT2D eigenvalue weighted by molar-refractivity contribution is -0.141. The van der Waals surface area contributed by atoms with Crippen LogP contribution in [0.5, 0.6) is 0 Å². The van der Waals surface area contributed by atoms with Gasteiger partial charge in [-0.25, -0.2) is 4.98 Å². The summed E-state index contributed by atoms with van der Waals surface area (Å²) in [4.78, 5) is 3.54.